The summed E-state index contributed by atoms with van der Waals surface area (Å²) < 4.78 is 4.86. The van der Waals surface area contributed by atoms with Gasteiger partial charge in [-0.25, -0.2) is 9.79 Å². The van der Waals surface area contributed by atoms with E-state index in [0.717, 1.165) is 0 Å². The molecule has 0 radical (unpaired) electrons. The Kier molecular flexibility index (Phi) is 3.75. The summed E-state index contributed by atoms with van der Waals surface area (Å²) in [6, 6.07) is 3.16. The smallest absolute Gasteiger partial charge is 0.333 e. The summed E-state index contributed by atoms with van der Waals surface area (Å²) in [5, 5.41) is 2.08. The molecular formula is C8H6N2O2S. The van der Waals surface area contributed by atoms with Gasteiger partial charge in [0.2, 0.25) is 0 Å². The summed E-state index contributed by atoms with van der Waals surface area (Å²) >= 11 is 4.30. The SMILES string of the molecule is O=C(CN=C=S)Oc1ccncc1. The van der Waals surface area contributed by atoms with Crippen LogP contribution in [0.5, 0.6) is 5.75 Å². The summed E-state index contributed by atoms with van der Waals surface area (Å²) in [6.07, 6.45) is 3.07. The van der Waals surface area contributed by atoms with Crippen molar-refractivity contribution >= 4 is 23.3 Å². The van der Waals surface area contributed by atoms with Crippen LogP contribution in [0.2, 0.25) is 0 Å². The van der Waals surface area contributed by atoms with Crippen LogP contribution >= 0.6 is 12.2 Å². The molecule has 0 saturated carbocycles. The Labute approximate surface area is 80.3 Å². The van der Waals surface area contributed by atoms with Crippen molar-refractivity contribution in [2.24, 2.45) is 4.99 Å². The molecule has 0 saturated heterocycles. The third kappa shape index (κ3) is 3.55. The average molecular weight is 194 g/mol. The van der Waals surface area contributed by atoms with Gasteiger partial charge in [-0.05, 0) is 24.4 Å². The van der Waals surface area contributed by atoms with Crippen LogP contribution in [0.4, 0.5) is 0 Å². The summed E-state index contributed by atoms with van der Waals surface area (Å²) in [5.41, 5.74) is 0. The molecule has 0 unspecified atom stereocenters. The van der Waals surface area contributed by atoms with E-state index in [0.29, 0.717) is 5.75 Å². The van der Waals surface area contributed by atoms with Crippen molar-refractivity contribution in [2.75, 3.05) is 6.54 Å². The third-order valence-electron chi connectivity index (χ3n) is 1.15. The maximum atomic E-state index is 10.9. The molecule has 0 aliphatic carbocycles. The molecule has 0 bridgehead atoms. The Morgan fingerprint density at radius 1 is 1.62 bits per heavy atom. The van der Waals surface area contributed by atoms with Gasteiger partial charge in [-0.3, -0.25) is 4.98 Å². The maximum absolute atomic E-state index is 10.9. The summed E-state index contributed by atoms with van der Waals surface area (Å²) in [6.45, 7) is -0.105. The molecule has 1 aromatic rings. The highest BCUT2D eigenvalue weighted by molar-refractivity contribution is 7.78. The number of isothiocyanates is 1. The maximum Gasteiger partial charge on any atom is 0.333 e. The van der Waals surface area contributed by atoms with Crippen LogP contribution < -0.4 is 4.74 Å². The lowest BCUT2D eigenvalue weighted by atomic mass is 10.4. The van der Waals surface area contributed by atoms with Crippen molar-refractivity contribution in [1.29, 1.82) is 0 Å². The second kappa shape index (κ2) is 5.13. The van der Waals surface area contributed by atoms with E-state index in [9.17, 15) is 4.79 Å². The van der Waals surface area contributed by atoms with Gasteiger partial charge in [0.15, 0.2) is 0 Å². The van der Waals surface area contributed by atoms with Crippen LogP contribution in [-0.4, -0.2) is 22.7 Å². The topological polar surface area (TPSA) is 51.5 Å². The normalized spacial score (nSPS) is 8.62. The number of aliphatic imine (C=N–C) groups is 1. The molecule has 0 aliphatic rings. The number of rotatable bonds is 3. The van der Waals surface area contributed by atoms with Crippen LogP contribution in [0.25, 0.3) is 0 Å². The van der Waals surface area contributed by atoms with Gasteiger partial charge >= 0.3 is 5.97 Å². The van der Waals surface area contributed by atoms with Gasteiger partial charge in [-0.15, -0.1) is 0 Å². The highest BCUT2D eigenvalue weighted by Gasteiger charge is 2.01. The molecular weight excluding hydrogens is 188 g/mol. The first-order chi connectivity index (χ1) is 6.33. The zero-order valence-electron chi connectivity index (χ0n) is 6.64. The van der Waals surface area contributed by atoms with E-state index in [-0.39, 0.29) is 6.54 Å². The molecule has 4 nitrogen and oxygen atoms in total. The second-order valence-corrected chi connectivity index (χ2v) is 2.25. The molecule has 1 heterocycles. The Morgan fingerprint density at radius 3 is 2.92 bits per heavy atom. The predicted octanol–water partition coefficient (Wildman–Crippen LogP) is 1.09. The zero-order chi connectivity index (χ0) is 9.52. The molecule has 0 spiro atoms. The van der Waals surface area contributed by atoms with Gasteiger partial charge < -0.3 is 4.74 Å². The number of esters is 1. The quantitative estimate of drug-likeness (QED) is 0.410. The number of hydrogen-bond acceptors (Lipinski definition) is 5. The first kappa shape index (κ1) is 9.51. The lowest BCUT2D eigenvalue weighted by Crippen LogP contribution is -2.11. The molecule has 0 atom stereocenters. The monoisotopic (exact) mass is 194 g/mol. The van der Waals surface area contributed by atoms with E-state index >= 15 is 0 Å². The minimum atomic E-state index is -0.469. The molecule has 0 amide bonds. The van der Waals surface area contributed by atoms with Crippen LogP contribution in [0.3, 0.4) is 0 Å². The average Bonchev–Trinajstić information content (AvgIpc) is 2.16. The highest BCUT2D eigenvalue weighted by atomic mass is 32.1. The molecule has 66 valence electrons. The Balaban J connectivity index is 2.50. The number of ether oxygens (including phenoxy) is 1. The van der Waals surface area contributed by atoms with Crippen molar-refractivity contribution in [2.45, 2.75) is 0 Å². The second-order valence-electron chi connectivity index (χ2n) is 2.06. The molecule has 5 heteroatoms. The van der Waals surface area contributed by atoms with Gasteiger partial charge in [0.25, 0.3) is 0 Å². The first-order valence-corrected chi connectivity index (χ1v) is 3.88. The van der Waals surface area contributed by atoms with Crippen molar-refractivity contribution < 1.29 is 9.53 Å². The van der Waals surface area contributed by atoms with Gasteiger partial charge in [-0.2, -0.15) is 0 Å². The standard InChI is InChI=1S/C8H6N2O2S/c11-8(5-10-6-13)12-7-1-3-9-4-2-7/h1-4H,5H2. The Bertz CT molecular complexity index is 333. The van der Waals surface area contributed by atoms with Crippen LogP contribution in [-0.2, 0) is 4.79 Å². The van der Waals surface area contributed by atoms with Gasteiger partial charge in [-0.1, -0.05) is 0 Å². The fourth-order valence-corrected chi connectivity index (χ4v) is 0.731. The molecule has 0 N–H and O–H groups in total. The van der Waals surface area contributed by atoms with Crippen LogP contribution in [0, 0.1) is 0 Å². The van der Waals surface area contributed by atoms with E-state index in [4.69, 9.17) is 4.74 Å². The van der Waals surface area contributed by atoms with E-state index < -0.39 is 5.97 Å². The minimum Gasteiger partial charge on any atom is -0.425 e. The first-order valence-electron chi connectivity index (χ1n) is 3.47. The van der Waals surface area contributed by atoms with Crippen molar-refractivity contribution in [3.63, 3.8) is 0 Å². The number of carbonyl (C=O) groups excluding carboxylic acids is 1. The number of nitrogens with zero attached hydrogens (tertiary/aromatic N) is 2. The third-order valence-corrected chi connectivity index (χ3v) is 1.28. The summed E-state index contributed by atoms with van der Waals surface area (Å²) in [7, 11) is 0. The van der Waals surface area contributed by atoms with E-state index in [1.807, 2.05) is 0 Å². The molecule has 0 aliphatic heterocycles. The number of pyridine rings is 1. The minimum absolute atomic E-state index is 0.105. The number of aromatic nitrogens is 1. The van der Waals surface area contributed by atoms with Crippen molar-refractivity contribution in [1.82, 2.24) is 4.98 Å². The van der Waals surface area contributed by atoms with Crippen LogP contribution in [0.1, 0.15) is 0 Å². The summed E-state index contributed by atoms with van der Waals surface area (Å²) in [4.78, 5) is 18.2. The van der Waals surface area contributed by atoms with Crippen molar-refractivity contribution in [3.05, 3.63) is 24.5 Å². The highest BCUT2D eigenvalue weighted by Crippen LogP contribution is 2.06. The fourth-order valence-electron chi connectivity index (χ4n) is 0.667. The fraction of sp³-hybridized carbons (Fsp3) is 0.125. The van der Waals surface area contributed by atoms with Gasteiger partial charge in [0, 0.05) is 12.4 Å². The van der Waals surface area contributed by atoms with Gasteiger partial charge in [0.05, 0.1) is 5.16 Å². The predicted molar refractivity (Wildman–Crippen MR) is 49.8 cm³/mol. The molecule has 13 heavy (non-hydrogen) atoms. The van der Waals surface area contributed by atoms with E-state index in [1.165, 1.54) is 12.4 Å². The molecule has 0 fully saturated rings. The Hall–Kier alpha value is -1.58. The largest absolute Gasteiger partial charge is 0.425 e. The summed E-state index contributed by atoms with van der Waals surface area (Å²) in [5.74, 6) is -0.0249. The van der Waals surface area contributed by atoms with Crippen molar-refractivity contribution in [3.8, 4) is 5.75 Å². The Morgan fingerprint density at radius 2 is 2.31 bits per heavy atom. The lowest BCUT2D eigenvalue weighted by molar-refractivity contribution is -0.132. The number of thiocarbonyl (C=S) groups is 1. The van der Waals surface area contributed by atoms with Crippen LogP contribution in [0.15, 0.2) is 29.5 Å². The van der Waals surface area contributed by atoms with E-state index in [1.54, 1.807) is 12.1 Å². The number of hydrogen-bond donors (Lipinski definition) is 0. The lowest BCUT2D eigenvalue weighted by Gasteiger charge is -1.99. The van der Waals surface area contributed by atoms with E-state index in [2.05, 4.69) is 27.4 Å². The molecule has 1 aromatic heterocycles. The molecule has 1 rings (SSSR count). The van der Waals surface area contributed by atoms with Gasteiger partial charge in [0.1, 0.15) is 12.3 Å². The zero-order valence-corrected chi connectivity index (χ0v) is 7.45. The number of carbonyl (C=O) groups is 1. The molecule has 0 aromatic carbocycles.